The Hall–Kier alpha value is -7.68. The maximum atomic E-state index is 2.61. The summed E-state index contributed by atoms with van der Waals surface area (Å²) in [5.74, 6) is 0. The van der Waals surface area contributed by atoms with Gasteiger partial charge in [0.1, 0.15) is 0 Å². The van der Waals surface area contributed by atoms with Crippen LogP contribution in [0.1, 0.15) is 154 Å². The molecule has 0 saturated carbocycles. The van der Waals surface area contributed by atoms with E-state index in [9.17, 15) is 0 Å². The summed E-state index contributed by atoms with van der Waals surface area (Å²) >= 11 is 0. The third-order valence-electron chi connectivity index (χ3n) is 18.3. The van der Waals surface area contributed by atoms with E-state index in [1.165, 1.54) is 111 Å². The number of aryl methyl sites for hydroxylation is 3. The fourth-order valence-corrected chi connectivity index (χ4v) is 12.9. The van der Waals surface area contributed by atoms with E-state index >= 15 is 0 Å². The van der Waals surface area contributed by atoms with Crippen LogP contribution in [0.2, 0.25) is 0 Å². The van der Waals surface area contributed by atoms with Crippen LogP contribution in [-0.2, 0) is 34.5 Å². The minimum Gasteiger partial charge on any atom is -0.312 e. The first-order chi connectivity index (χ1) is 38.3. The van der Waals surface area contributed by atoms with Gasteiger partial charge in [0.05, 0.1) is 0 Å². The van der Waals surface area contributed by atoms with E-state index in [2.05, 4.69) is 319 Å². The first-order valence-corrected chi connectivity index (χ1v) is 29.3. The molecular weight excluding hydrogens is 962 g/mol. The van der Waals surface area contributed by atoms with E-state index < -0.39 is 0 Å². The van der Waals surface area contributed by atoms with Crippen molar-refractivity contribution in [1.29, 1.82) is 0 Å². The summed E-state index contributed by atoms with van der Waals surface area (Å²) in [6.07, 6.45) is 9.61. The number of allylic oxidation sites excluding steroid dienone is 4. The smallest absolute Gasteiger partial charge is 0.247 e. The Balaban J connectivity index is 1.23. The van der Waals surface area contributed by atoms with Crippen LogP contribution in [0.25, 0.3) is 0 Å². The van der Waals surface area contributed by atoms with Crippen molar-refractivity contribution in [2.24, 2.45) is 0 Å². The molecule has 0 bridgehead atoms. The molecule has 80 heavy (non-hydrogen) atoms. The molecule has 1 aliphatic heterocycles. The van der Waals surface area contributed by atoms with E-state index in [1.807, 2.05) is 0 Å². The van der Waals surface area contributed by atoms with Crippen molar-refractivity contribution in [1.82, 2.24) is 0 Å². The van der Waals surface area contributed by atoms with Crippen LogP contribution < -0.4 is 21.3 Å². The number of nitrogens with zero attached hydrogens (tertiary/aromatic N) is 1. The summed E-state index contributed by atoms with van der Waals surface area (Å²) < 4.78 is 0. The minimum atomic E-state index is -0.268. The van der Waals surface area contributed by atoms with Gasteiger partial charge in [0, 0.05) is 38.7 Å². The number of hydrogen-bond acceptors (Lipinski definition) is 1. The van der Waals surface area contributed by atoms with Crippen molar-refractivity contribution >= 4 is 40.2 Å². The lowest BCUT2D eigenvalue weighted by atomic mass is 9.33. The highest BCUT2D eigenvalue weighted by Gasteiger charge is 2.40. The summed E-state index contributed by atoms with van der Waals surface area (Å²) in [5.41, 5.74) is 26.6. The molecule has 0 spiro atoms. The monoisotopic (exact) mass is 1040 g/mol. The number of hydrogen-bond donors (Lipinski definition) is 0. The summed E-state index contributed by atoms with van der Waals surface area (Å²) in [6, 6.07) is 78.9. The van der Waals surface area contributed by atoms with Crippen LogP contribution in [0.5, 0.6) is 0 Å². The summed E-state index contributed by atoms with van der Waals surface area (Å²) in [5, 5.41) is 0. The highest BCUT2D eigenvalue weighted by molar-refractivity contribution is 6.98. The molecule has 9 aromatic rings. The van der Waals surface area contributed by atoms with Gasteiger partial charge in [0.25, 0.3) is 0 Å². The second-order valence-electron chi connectivity index (χ2n) is 25.0. The molecule has 10 rings (SSSR count). The van der Waals surface area contributed by atoms with Crippen LogP contribution >= 0.6 is 0 Å². The molecule has 1 aliphatic rings. The van der Waals surface area contributed by atoms with Crippen molar-refractivity contribution in [3.63, 3.8) is 0 Å². The van der Waals surface area contributed by atoms with Gasteiger partial charge in [-0.15, -0.1) is 0 Å². The second-order valence-corrected chi connectivity index (χ2v) is 25.0. The molecule has 0 N–H and O–H groups in total. The number of benzene rings is 9. The molecule has 0 unspecified atom stereocenters. The van der Waals surface area contributed by atoms with Gasteiger partial charge in [-0.1, -0.05) is 279 Å². The number of rotatable bonds is 16. The maximum Gasteiger partial charge on any atom is 0.247 e. The Morgan fingerprint density at radius 2 is 0.925 bits per heavy atom. The molecule has 2 heteroatoms. The third-order valence-corrected chi connectivity index (χ3v) is 18.3. The number of anilines is 3. The van der Waals surface area contributed by atoms with Gasteiger partial charge in [-0.25, -0.2) is 0 Å². The van der Waals surface area contributed by atoms with Crippen molar-refractivity contribution in [3.8, 4) is 0 Å². The van der Waals surface area contributed by atoms with Crippen molar-refractivity contribution in [3.05, 3.63) is 308 Å². The lowest BCUT2D eigenvalue weighted by molar-refractivity contribution is 0.638. The Kier molecular flexibility index (Phi) is 15.6. The Labute approximate surface area is 481 Å². The normalized spacial score (nSPS) is 13.2. The molecule has 0 aliphatic carbocycles. The van der Waals surface area contributed by atoms with E-state index in [-0.39, 0.29) is 28.4 Å². The molecule has 9 aromatic carbocycles. The Morgan fingerprint density at radius 3 is 1.48 bits per heavy atom. The SMILES string of the molecule is C/C=C(\C=C/CC)C(C)(C)c1ccc(Cc2ccc(C(C)(C)c3ccccc3)cc2)c(B2c3cc(C(C)(C)c4ccccc4)ccc3N(c3ccc(C(C)(C)c4ccccc4)cc3)c3cc(Cc4ccc(C)cc4C)cc(C)c32)c1. The zero-order chi connectivity index (χ0) is 56.6. The largest absolute Gasteiger partial charge is 0.312 e. The summed E-state index contributed by atoms with van der Waals surface area (Å²) in [7, 11) is 0. The quantitative estimate of drug-likeness (QED) is 0.0689. The highest BCUT2D eigenvalue weighted by Crippen LogP contribution is 2.43. The van der Waals surface area contributed by atoms with Crippen molar-refractivity contribution in [2.75, 3.05) is 4.90 Å². The molecule has 0 aromatic heterocycles. The average molecular weight is 1040 g/mol. The van der Waals surface area contributed by atoms with Gasteiger partial charge in [-0.05, 0) is 154 Å². The summed E-state index contributed by atoms with van der Waals surface area (Å²) in [6.45, 7) is 30.2. The zero-order valence-corrected chi connectivity index (χ0v) is 50.0. The van der Waals surface area contributed by atoms with Gasteiger partial charge >= 0.3 is 0 Å². The van der Waals surface area contributed by atoms with E-state index in [1.54, 1.807) is 0 Å². The van der Waals surface area contributed by atoms with Crippen LogP contribution in [0, 0.1) is 20.8 Å². The van der Waals surface area contributed by atoms with Gasteiger partial charge in [0.15, 0.2) is 0 Å². The number of fused-ring (bicyclic) bond motifs is 2. The van der Waals surface area contributed by atoms with Crippen LogP contribution in [0.15, 0.2) is 230 Å². The molecular formula is C78H82BN. The van der Waals surface area contributed by atoms with Gasteiger partial charge < -0.3 is 4.90 Å². The van der Waals surface area contributed by atoms with E-state index in [0.717, 1.165) is 24.9 Å². The molecule has 1 nitrogen and oxygen atoms in total. The first kappa shape index (κ1) is 55.6. The topological polar surface area (TPSA) is 3.24 Å². The van der Waals surface area contributed by atoms with E-state index in [4.69, 9.17) is 0 Å². The maximum absolute atomic E-state index is 2.61. The van der Waals surface area contributed by atoms with Crippen LogP contribution in [0.3, 0.4) is 0 Å². The minimum absolute atomic E-state index is 0.0866. The standard InChI is InChI=1S/C78H82BN/c1-14-16-26-61(15-2)75(6,7)67-40-37-60(49-57-34-38-65(39-35-57)76(8,9)62-27-20-17-21-28-62)70(52-67)79-71-53-68(78(12,13)64-31-24-19-25-32-64)43-46-72(71)80(69-44-41-66(42-45-69)77(10,11)63-29-22-18-23-30-63)73-51-58(48-56(5)74(73)79)50-59-36-33-54(3)47-55(59)4/h15-48,51-53H,14,49-50H2,1-13H3/b26-16-,61-15+. The predicted molar refractivity (Wildman–Crippen MR) is 347 cm³/mol. The summed E-state index contributed by atoms with van der Waals surface area (Å²) in [4.78, 5) is 2.60. The molecule has 0 atom stereocenters. The highest BCUT2D eigenvalue weighted by atomic mass is 15.1. The second kappa shape index (κ2) is 22.5. The average Bonchev–Trinajstić information content (AvgIpc) is 3.64. The third kappa shape index (κ3) is 10.7. The fourth-order valence-electron chi connectivity index (χ4n) is 12.9. The molecule has 0 fully saturated rings. The first-order valence-electron chi connectivity index (χ1n) is 29.3. The van der Waals surface area contributed by atoms with Crippen LogP contribution in [0.4, 0.5) is 17.1 Å². The molecule has 0 amide bonds. The van der Waals surface area contributed by atoms with Crippen molar-refractivity contribution < 1.29 is 0 Å². The molecule has 0 radical (unpaired) electrons. The zero-order valence-electron chi connectivity index (χ0n) is 50.0. The fraction of sp³-hybridized carbons (Fsp3) is 0.256. The Morgan fingerprint density at radius 1 is 0.438 bits per heavy atom. The molecule has 402 valence electrons. The van der Waals surface area contributed by atoms with Crippen LogP contribution in [-0.4, -0.2) is 6.71 Å². The molecule has 0 saturated heterocycles. The lowest BCUT2D eigenvalue weighted by Crippen LogP contribution is -2.59. The van der Waals surface area contributed by atoms with Gasteiger partial charge in [-0.2, -0.15) is 0 Å². The van der Waals surface area contributed by atoms with Gasteiger partial charge in [0.2, 0.25) is 6.71 Å². The van der Waals surface area contributed by atoms with E-state index in [0.29, 0.717) is 0 Å². The van der Waals surface area contributed by atoms with Gasteiger partial charge in [-0.3, -0.25) is 0 Å². The molecule has 1 heterocycles. The Bertz CT molecular complexity index is 3700. The lowest BCUT2D eigenvalue weighted by Gasteiger charge is -2.40. The predicted octanol–water partition coefficient (Wildman–Crippen LogP) is 18.3. The van der Waals surface area contributed by atoms with Crippen molar-refractivity contribution in [2.45, 2.75) is 131 Å².